The van der Waals surface area contributed by atoms with Crippen molar-refractivity contribution in [3.05, 3.63) is 0 Å². The Morgan fingerprint density at radius 3 is 2.67 bits per heavy atom. The van der Waals surface area contributed by atoms with Crippen LogP contribution in [-0.4, -0.2) is 25.9 Å². The van der Waals surface area contributed by atoms with Crippen molar-refractivity contribution in [2.75, 3.05) is 19.8 Å². The molecular weight excluding hydrogens is 122 g/mol. The molecule has 4 heteroatoms. The van der Waals surface area contributed by atoms with Gasteiger partial charge in [-0.05, 0) is 6.92 Å². The number of nitrogens with two attached hydrogens (primary N) is 1. The van der Waals surface area contributed by atoms with Crippen LogP contribution in [0.5, 0.6) is 0 Å². The van der Waals surface area contributed by atoms with Gasteiger partial charge in [0.2, 0.25) is 0 Å². The highest BCUT2D eigenvalue weighted by atomic mass is 16.6. The third-order valence-corrected chi connectivity index (χ3v) is 0.676. The van der Waals surface area contributed by atoms with Crippen LogP contribution in [-0.2, 0) is 9.47 Å². The van der Waals surface area contributed by atoms with E-state index in [4.69, 9.17) is 4.74 Å². The average molecular weight is 133 g/mol. The van der Waals surface area contributed by atoms with Crippen molar-refractivity contribution in [1.82, 2.24) is 0 Å². The highest BCUT2D eigenvalue weighted by Crippen LogP contribution is 1.75. The van der Waals surface area contributed by atoms with Crippen molar-refractivity contribution in [3.63, 3.8) is 0 Å². The van der Waals surface area contributed by atoms with Crippen LogP contribution in [0.25, 0.3) is 0 Å². The van der Waals surface area contributed by atoms with Crippen LogP contribution in [0, 0.1) is 0 Å². The molecule has 0 radical (unpaired) electrons. The maximum absolute atomic E-state index is 9.91. The number of hydrogen-bond donors (Lipinski definition) is 1. The molecule has 9 heavy (non-hydrogen) atoms. The summed E-state index contributed by atoms with van der Waals surface area (Å²) in [7, 11) is 0. The van der Waals surface area contributed by atoms with E-state index in [0.717, 1.165) is 0 Å². The van der Waals surface area contributed by atoms with Crippen LogP contribution < -0.4 is 5.73 Å². The Balaban J connectivity index is 2.83. The topological polar surface area (TPSA) is 61.6 Å². The third kappa shape index (κ3) is 7.23. The highest BCUT2D eigenvalue weighted by molar-refractivity contribution is 5.64. The molecule has 0 aliphatic heterocycles. The lowest BCUT2D eigenvalue weighted by Gasteiger charge is -1.99. The lowest BCUT2D eigenvalue weighted by atomic mass is 10.7. The molecule has 0 saturated heterocycles. The minimum Gasteiger partial charge on any atom is -0.447 e. The Labute approximate surface area is 53.9 Å². The van der Waals surface area contributed by atoms with Gasteiger partial charge in [0.1, 0.15) is 6.61 Å². The Kier molecular flexibility index (Phi) is 4.91. The van der Waals surface area contributed by atoms with E-state index in [2.05, 4.69) is 10.5 Å². The van der Waals surface area contributed by atoms with E-state index in [0.29, 0.717) is 13.2 Å². The molecule has 0 unspecified atom stereocenters. The molecule has 0 heterocycles. The van der Waals surface area contributed by atoms with Gasteiger partial charge in [-0.1, -0.05) is 0 Å². The molecule has 4 nitrogen and oxygen atoms in total. The Hall–Kier alpha value is -0.770. The van der Waals surface area contributed by atoms with Gasteiger partial charge in [0.05, 0.1) is 6.61 Å². The highest BCUT2D eigenvalue weighted by Gasteiger charge is 1.90. The molecular formula is C5H11NO3. The van der Waals surface area contributed by atoms with Crippen molar-refractivity contribution in [1.29, 1.82) is 0 Å². The fourth-order valence-corrected chi connectivity index (χ4v) is 0.346. The van der Waals surface area contributed by atoms with Crippen molar-refractivity contribution in [3.8, 4) is 0 Å². The first-order chi connectivity index (χ1) is 4.27. The van der Waals surface area contributed by atoms with Gasteiger partial charge in [-0.2, -0.15) is 0 Å². The van der Waals surface area contributed by atoms with Crippen molar-refractivity contribution >= 4 is 6.09 Å². The quantitative estimate of drug-likeness (QED) is 0.554. The summed E-state index contributed by atoms with van der Waals surface area (Å²) in [6, 6.07) is 0. The standard InChI is InChI=1S/C5H11NO3/c1-2-8-3-4-9-5(6)7/h2-4H2,1H3,(H2,6,7). The van der Waals surface area contributed by atoms with E-state index in [1.54, 1.807) is 0 Å². The summed E-state index contributed by atoms with van der Waals surface area (Å²) in [6.45, 7) is 3.15. The fraction of sp³-hybridized carbons (Fsp3) is 0.800. The molecule has 0 spiro atoms. The summed E-state index contributed by atoms with van der Waals surface area (Å²) >= 11 is 0. The maximum Gasteiger partial charge on any atom is 0.404 e. The van der Waals surface area contributed by atoms with Crippen LogP contribution in [0.4, 0.5) is 4.79 Å². The summed E-state index contributed by atoms with van der Waals surface area (Å²) in [5, 5.41) is 0. The number of ether oxygens (including phenoxy) is 2. The third-order valence-electron chi connectivity index (χ3n) is 0.676. The first-order valence-electron chi connectivity index (χ1n) is 2.77. The van der Waals surface area contributed by atoms with Crippen molar-refractivity contribution in [2.45, 2.75) is 6.92 Å². The van der Waals surface area contributed by atoms with E-state index in [1.165, 1.54) is 0 Å². The zero-order chi connectivity index (χ0) is 7.11. The van der Waals surface area contributed by atoms with Crippen LogP contribution in [0.3, 0.4) is 0 Å². The predicted octanol–water partition coefficient (Wildman–Crippen LogP) is 0.118. The normalized spacial score (nSPS) is 9.00. The van der Waals surface area contributed by atoms with Gasteiger partial charge in [-0.3, -0.25) is 0 Å². The zero-order valence-corrected chi connectivity index (χ0v) is 5.42. The van der Waals surface area contributed by atoms with E-state index < -0.39 is 6.09 Å². The Morgan fingerprint density at radius 1 is 1.56 bits per heavy atom. The van der Waals surface area contributed by atoms with Crippen LogP contribution in [0.2, 0.25) is 0 Å². The van der Waals surface area contributed by atoms with E-state index in [9.17, 15) is 4.79 Å². The molecule has 0 aliphatic rings. The molecule has 0 aromatic heterocycles. The Bertz CT molecular complexity index is 84.3. The van der Waals surface area contributed by atoms with Gasteiger partial charge in [0, 0.05) is 6.61 Å². The summed E-state index contributed by atoms with van der Waals surface area (Å²) in [6.07, 6.45) is -0.755. The molecule has 0 fully saturated rings. The van der Waals surface area contributed by atoms with Gasteiger partial charge in [-0.15, -0.1) is 0 Å². The minimum atomic E-state index is -0.755. The van der Waals surface area contributed by atoms with Gasteiger partial charge in [0.15, 0.2) is 0 Å². The molecule has 0 bridgehead atoms. The second-order valence-electron chi connectivity index (χ2n) is 1.36. The molecule has 0 atom stereocenters. The molecule has 0 rings (SSSR count). The number of primary amides is 1. The molecule has 0 saturated carbocycles. The molecule has 54 valence electrons. The van der Waals surface area contributed by atoms with Gasteiger partial charge >= 0.3 is 6.09 Å². The number of carbonyl (C=O) groups excluding carboxylic acids is 1. The second kappa shape index (κ2) is 5.37. The summed E-state index contributed by atoms with van der Waals surface area (Å²) < 4.78 is 9.21. The number of amides is 1. The monoisotopic (exact) mass is 133 g/mol. The SMILES string of the molecule is CCOCCOC(N)=O. The lowest BCUT2D eigenvalue weighted by Crippen LogP contribution is -2.16. The van der Waals surface area contributed by atoms with E-state index in [-0.39, 0.29) is 6.61 Å². The molecule has 1 amide bonds. The molecule has 0 aromatic carbocycles. The van der Waals surface area contributed by atoms with Crippen LogP contribution >= 0.6 is 0 Å². The number of rotatable bonds is 4. The van der Waals surface area contributed by atoms with E-state index in [1.807, 2.05) is 6.92 Å². The van der Waals surface area contributed by atoms with Crippen LogP contribution in [0.1, 0.15) is 6.92 Å². The molecule has 2 N–H and O–H groups in total. The fourth-order valence-electron chi connectivity index (χ4n) is 0.346. The lowest BCUT2D eigenvalue weighted by molar-refractivity contribution is 0.0830. The zero-order valence-electron chi connectivity index (χ0n) is 5.42. The predicted molar refractivity (Wildman–Crippen MR) is 32.0 cm³/mol. The van der Waals surface area contributed by atoms with Gasteiger partial charge in [0.25, 0.3) is 0 Å². The number of carbonyl (C=O) groups is 1. The smallest absolute Gasteiger partial charge is 0.404 e. The van der Waals surface area contributed by atoms with E-state index >= 15 is 0 Å². The molecule has 0 aromatic rings. The van der Waals surface area contributed by atoms with Crippen molar-refractivity contribution in [2.24, 2.45) is 5.73 Å². The average Bonchev–Trinajstić information content (AvgIpc) is 1.80. The van der Waals surface area contributed by atoms with Gasteiger partial charge < -0.3 is 15.2 Å². The first kappa shape index (κ1) is 8.23. The maximum atomic E-state index is 9.91. The summed E-state index contributed by atoms with van der Waals surface area (Å²) in [5.41, 5.74) is 4.66. The Morgan fingerprint density at radius 2 is 2.22 bits per heavy atom. The largest absolute Gasteiger partial charge is 0.447 e. The summed E-state index contributed by atoms with van der Waals surface area (Å²) in [5.74, 6) is 0. The minimum absolute atomic E-state index is 0.239. The van der Waals surface area contributed by atoms with Gasteiger partial charge in [-0.25, -0.2) is 4.79 Å². The molecule has 0 aliphatic carbocycles. The number of hydrogen-bond acceptors (Lipinski definition) is 3. The first-order valence-corrected chi connectivity index (χ1v) is 2.77. The summed E-state index contributed by atoms with van der Waals surface area (Å²) in [4.78, 5) is 9.91. The van der Waals surface area contributed by atoms with Crippen LogP contribution in [0.15, 0.2) is 0 Å². The van der Waals surface area contributed by atoms with Crippen molar-refractivity contribution < 1.29 is 14.3 Å². The second-order valence-corrected chi connectivity index (χ2v) is 1.36.